The first-order valence-electron chi connectivity index (χ1n) is 5.90. The van der Waals surface area contributed by atoms with Crippen LogP contribution in [0, 0.1) is 12.7 Å². The lowest BCUT2D eigenvalue weighted by molar-refractivity contribution is -0.254. The molecule has 0 saturated heterocycles. The summed E-state index contributed by atoms with van der Waals surface area (Å²) in [5, 5.41) is 10.9. The Morgan fingerprint density at radius 3 is 2.48 bits per heavy atom. The molecule has 0 aliphatic heterocycles. The average molecular weight is 308 g/mol. The van der Waals surface area contributed by atoms with Gasteiger partial charge in [0.2, 0.25) is 0 Å². The molecule has 0 saturated carbocycles. The van der Waals surface area contributed by atoms with E-state index in [0.717, 1.165) is 12.1 Å². The predicted molar refractivity (Wildman–Crippen MR) is 72.7 cm³/mol. The van der Waals surface area contributed by atoms with Crippen molar-refractivity contribution in [3.63, 3.8) is 0 Å². The maximum absolute atomic E-state index is 13.2. The second-order valence-corrected chi connectivity index (χ2v) is 6.03. The Hall–Kier alpha value is -2.41. The summed E-state index contributed by atoms with van der Waals surface area (Å²) in [6, 6.07) is 8.77. The van der Waals surface area contributed by atoms with Gasteiger partial charge in [0.05, 0.1) is 16.6 Å². The summed E-state index contributed by atoms with van der Waals surface area (Å²) in [5.74, 6) is -2.02. The molecule has 21 heavy (non-hydrogen) atoms. The maximum Gasteiger partial charge on any atom is 0.261 e. The van der Waals surface area contributed by atoms with Crippen molar-refractivity contribution < 1.29 is 22.7 Å². The fourth-order valence-corrected chi connectivity index (χ4v) is 2.90. The van der Waals surface area contributed by atoms with E-state index in [-0.39, 0.29) is 21.7 Å². The van der Waals surface area contributed by atoms with Crippen LogP contribution in [0.4, 0.5) is 10.1 Å². The molecular weight excluding hydrogens is 297 g/mol. The summed E-state index contributed by atoms with van der Waals surface area (Å²) in [6.07, 6.45) is 0. The first-order chi connectivity index (χ1) is 9.81. The molecule has 2 aromatic carbocycles. The van der Waals surface area contributed by atoms with Gasteiger partial charge in [-0.1, -0.05) is 18.2 Å². The SMILES string of the molecule is Cc1cc(S(=O)(=O)Nc2ccccc2C(=O)[O-])ccc1F. The maximum atomic E-state index is 13.2. The molecule has 0 heterocycles. The van der Waals surface area contributed by atoms with E-state index in [2.05, 4.69) is 4.72 Å². The number of nitrogens with one attached hydrogen (secondary N) is 1. The molecule has 0 aliphatic carbocycles. The predicted octanol–water partition coefficient (Wildman–Crippen LogP) is 1.30. The number of carbonyl (C=O) groups is 1. The number of aryl methyl sites for hydroxylation is 1. The Bertz CT molecular complexity index is 802. The Labute approximate surface area is 121 Å². The molecule has 0 aromatic heterocycles. The standard InChI is InChI=1S/C14H12FNO4S/c1-9-8-10(6-7-12(9)15)21(19,20)16-13-5-3-2-4-11(13)14(17)18/h2-8,16H,1H3,(H,17,18)/p-1. The molecule has 0 bridgehead atoms. The molecule has 0 atom stereocenters. The number of hydrogen-bond acceptors (Lipinski definition) is 4. The Balaban J connectivity index is 2.42. The van der Waals surface area contributed by atoms with Crippen molar-refractivity contribution >= 4 is 21.7 Å². The van der Waals surface area contributed by atoms with E-state index >= 15 is 0 Å². The highest BCUT2D eigenvalue weighted by molar-refractivity contribution is 7.92. The third kappa shape index (κ3) is 3.19. The van der Waals surface area contributed by atoms with Crippen LogP contribution < -0.4 is 9.83 Å². The van der Waals surface area contributed by atoms with Gasteiger partial charge in [0, 0.05) is 5.56 Å². The lowest BCUT2D eigenvalue weighted by Crippen LogP contribution is -2.24. The zero-order valence-electron chi connectivity index (χ0n) is 11.0. The zero-order chi connectivity index (χ0) is 15.6. The quantitative estimate of drug-likeness (QED) is 0.922. The van der Waals surface area contributed by atoms with Crippen molar-refractivity contribution in [2.45, 2.75) is 11.8 Å². The zero-order valence-corrected chi connectivity index (χ0v) is 11.8. The third-order valence-corrected chi connectivity index (χ3v) is 4.19. The smallest absolute Gasteiger partial charge is 0.261 e. The molecule has 0 fully saturated rings. The number of sulfonamides is 1. The summed E-state index contributed by atoms with van der Waals surface area (Å²) in [6.45, 7) is 1.43. The van der Waals surface area contributed by atoms with Gasteiger partial charge in [0.1, 0.15) is 5.82 Å². The van der Waals surface area contributed by atoms with Gasteiger partial charge in [-0.05, 0) is 36.8 Å². The van der Waals surface area contributed by atoms with E-state index in [4.69, 9.17) is 0 Å². The topological polar surface area (TPSA) is 86.3 Å². The number of carboxylic acid groups (broad SMARTS) is 1. The van der Waals surface area contributed by atoms with Crippen LogP contribution in [-0.2, 0) is 10.0 Å². The van der Waals surface area contributed by atoms with Gasteiger partial charge < -0.3 is 9.90 Å². The molecule has 1 N–H and O–H groups in total. The van der Waals surface area contributed by atoms with Crippen molar-refractivity contribution in [3.8, 4) is 0 Å². The van der Waals surface area contributed by atoms with Crippen LogP contribution >= 0.6 is 0 Å². The minimum atomic E-state index is -4.02. The number of carbonyl (C=O) groups excluding carboxylic acids is 1. The average Bonchev–Trinajstić information content (AvgIpc) is 2.41. The monoisotopic (exact) mass is 308 g/mol. The van der Waals surface area contributed by atoms with E-state index in [1.807, 2.05) is 0 Å². The van der Waals surface area contributed by atoms with Gasteiger partial charge in [-0.2, -0.15) is 0 Å². The largest absolute Gasteiger partial charge is 0.545 e. The lowest BCUT2D eigenvalue weighted by Gasteiger charge is -2.13. The van der Waals surface area contributed by atoms with Crippen molar-refractivity contribution in [1.82, 2.24) is 0 Å². The first kappa shape index (κ1) is 15.0. The summed E-state index contributed by atoms with van der Waals surface area (Å²) in [4.78, 5) is 10.8. The van der Waals surface area contributed by atoms with Crippen LogP contribution in [0.25, 0.3) is 0 Å². The second kappa shape index (κ2) is 5.53. The lowest BCUT2D eigenvalue weighted by atomic mass is 10.2. The molecule has 0 amide bonds. The number of para-hydroxylation sites is 1. The van der Waals surface area contributed by atoms with Crippen LogP contribution in [0.15, 0.2) is 47.4 Å². The minimum absolute atomic E-state index is 0.112. The van der Waals surface area contributed by atoms with Gasteiger partial charge in [0.15, 0.2) is 0 Å². The van der Waals surface area contributed by atoms with Crippen LogP contribution in [0.2, 0.25) is 0 Å². The molecule has 7 heteroatoms. The fraction of sp³-hybridized carbons (Fsp3) is 0.0714. The summed E-state index contributed by atoms with van der Waals surface area (Å²) < 4.78 is 39.7. The number of benzene rings is 2. The van der Waals surface area contributed by atoms with Crippen LogP contribution in [0.3, 0.4) is 0 Å². The normalized spacial score (nSPS) is 11.1. The van der Waals surface area contributed by atoms with Crippen molar-refractivity contribution in [3.05, 3.63) is 59.4 Å². The van der Waals surface area contributed by atoms with Crippen LogP contribution in [0.5, 0.6) is 0 Å². The van der Waals surface area contributed by atoms with Gasteiger partial charge in [-0.15, -0.1) is 0 Å². The highest BCUT2D eigenvalue weighted by atomic mass is 32.2. The van der Waals surface area contributed by atoms with Crippen LogP contribution in [0.1, 0.15) is 15.9 Å². The van der Waals surface area contributed by atoms with Crippen LogP contribution in [-0.4, -0.2) is 14.4 Å². The van der Waals surface area contributed by atoms with E-state index in [0.29, 0.717) is 0 Å². The number of halogens is 1. The van der Waals surface area contributed by atoms with Gasteiger partial charge in [-0.3, -0.25) is 4.72 Å². The highest BCUT2D eigenvalue weighted by Crippen LogP contribution is 2.21. The molecule has 0 spiro atoms. The molecule has 2 aromatic rings. The van der Waals surface area contributed by atoms with Gasteiger partial charge >= 0.3 is 0 Å². The Morgan fingerprint density at radius 2 is 1.86 bits per heavy atom. The summed E-state index contributed by atoms with van der Waals surface area (Å²) in [5.41, 5.74) is -0.217. The Kier molecular flexibility index (Phi) is 3.95. The fourth-order valence-electron chi connectivity index (χ4n) is 1.74. The Morgan fingerprint density at radius 1 is 1.19 bits per heavy atom. The number of hydrogen-bond donors (Lipinski definition) is 1. The molecule has 0 unspecified atom stereocenters. The summed E-state index contributed by atoms with van der Waals surface area (Å²) in [7, 11) is -4.02. The van der Waals surface area contributed by atoms with Crippen molar-refractivity contribution in [1.29, 1.82) is 0 Å². The number of aromatic carboxylic acids is 1. The molecular formula is C14H11FNO4S-. The number of anilines is 1. The van der Waals surface area contributed by atoms with E-state index in [1.165, 1.54) is 37.3 Å². The molecule has 2 rings (SSSR count). The molecule has 0 aliphatic rings. The van der Waals surface area contributed by atoms with Crippen molar-refractivity contribution in [2.75, 3.05) is 4.72 Å². The minimum Gasteiger partial charge on any atom is -0.545 e. The first-order valence-corrected chi connectivity index (χ1v) is 7.39. The number of carboxylic acids is 1. The van der Waals surface area contributed by atoms with E-state index in [9.17, 15) is 22.7 Å². The number of rotatable bonds is 4. The third-order valence-electron chi connectivity index (χ3n) is 2.83. The van der Waals surface area contributed by atoms with Crippen molar-refractivity contribution in [2.24, 2.45) is 0 Å². The van der Waals surface area contributed by atoms with Gasteiger partial charge in [0.25, 0.3) is 10.0 Å². The summed E-state index contributed by atoms with van der Waals surface area (Å²) >= 11 is 0. The van der Waals surface area contributed by atoms with E-state index in [1.54, 1.807) is 0 Å². The molecule has 5 nitrogen and oxygen atoms in total. The van der Waals surface area contributed by atoms with E-state index < -0.39 is 21.8 Å². The molecule has 0 radical (unpaired) electrons. The molecule has 110 valence electrons. The highest BCUT2D eigenvalue weighted by Gasteiger charge is 2.17. The second-order valence-electron chi connectivity index (χ2n) is 4.35. The van der Waals surface area contributed by atoms with Gasteiger partial charge in [-0.25, -0.2) is 12.8 Å².